The Hall–Kier alpha value is -3.43. The number of amides is 1. The summed E-state index contributed by atoms with van der Waals surface area (Å²) in [6, 6.07) is 6.97. The van der Waals surface area contributed by atoms with E-state index in [4.69, 9.17) is 32.7 Å². The quantitative estimate of drug-likeness (QED) is 0.348. The van der Waals surface area contributed by atoms with Gasteiger partial charge in [-0.15, -0.1) is 0 Å². The minimum Gasteiger partial charge on any atom is -0.465 e. The molecule has 4 rings (SSSR count). The summed E-state index contributed by atoms with van der Waals surface area (Å²) in [4.78, 5) is 28.1. The Balaban J connectivity index is 1.58. The number of fused-ring (bicyclic) bond motifs is 1. The number of benzene rings is 1. The Morgan fingerprint density at radius 3 is 2.56 bits per heavy atom. The summed E-state index contributed by atoms with van der Waals surface area (Å²) in [5.74, 6) is 1.19. The lowest BCUT2D eigenvalue weighted by atomic mass is 10.1. The van der Waals surface area contributed by atoms with E-state index in [-0.39, 0.29) is 5.82 Å². The molecule has 3 N–H and O–H groups in total. The highest BCUT2D eigenvalue weighted by molar-refractivity contribution is 6.36. The van der Waals surface area contributed by atoms with Crippen molar-refractivity contribution in [2.24, 2.45) is 0 Å². The Morgan fingerprint density at radius 1 is 1.12 bits per heavy atom. The Morgan fingerprint density at radius 2 is 1.88 bits per heavy atom. The molecule has 3 heterocycles. The van der Waals surface area contributed by atoms with Gasteiger partial charge in [0.15, 0.2) is 11.3 Å². The zero-order valence-corrected chi connectivity index (χ0v) is 18.6. The summed E-state index contributed by atoms with van der Waals surface area (Å²) in [7, 11) is 0. The molecule has 0 unspecified atom stereocenters. The number of rotatable bonds is 6. The van der Waals surface area contributed by atoms with Gasteiger partial charge < -0.3 is 14.8 Å². The maximum Gasteiger partial charge on any atom is 0.410 e. The molecule has 0 spiro atoms. The molecule has 32 heavy (non-hydrogen) atoms. The van der Waals surface area contributed by atoms with Gasteiger partial charge in [-0.1, -0.05) is 29.3 Å². The van der Waals surface area contributed by atoms with Crippen LogP contribution in [0.4, 0.5) is 16.4 Å². The van der Waals surface area contributed by atoms with Gasteiger partial charge in [0.25, 0.3) is 5.71 Å². The molecule has 164 valence electrons. The van der Waals surface area contributed by atoms with Crippen LogP contribution in [0, 0.1) is 13.8 Å². The minimum atomic E-state index is -1.16. The first-order chi connectivity index (χ1) is 15.3. The second-order valence-corrected chi connectivity index (χ2v) is 7.85. The Kier molecular flexibility index (Phi) is 6.11. The van der Waals surface area contributed by atoms with Crippen LogP contribution in [0.5, 0.6) is 0 Å². The topological polar surface area (TPSA) is 126 Å². The summed E-state index contributed by atoms with van der Waals surface area (Å²) in [6.07, 6.45) is 0.541. The molecule has 0 radical (unpaired) electrons. The van der Waals surface area contributed by atoms with Crippen molar-refractivity contribution in [1.29, 1.82) is 0 Å². The highest BCUT2D eigenvalue weighted by atomic mass is 35.5. The van der Waals surface area contributed by atoms with Gasteiger partial charge >= 0.3 is 6.09 Å². The molecule has 0 saturated heterocycles. The number of carboxylic acid groups (broad SMARTS) is 1. The summed E-state index contributed by atoms with van der Waals surface area (Å²) >= 11 is 12.5. The van der Waals surface area contributed by atoms with Crippen molar-refractivity contribution >= 4 is 52.2 Å². The van der Waals surface area contributed by atoms with Crippen molar-refractivity contribution < 1.29 is 14.3 Å². The zero-order valence-electron chi connectivity index (χ0n) is 17.1. The summed E-state index contributed by atoms with van der Waals surface area (Å²) in [6.45, 7) is 4.10. The van der Waals surface area contributed by atoms with Gasteiger partial charge in [-0.3, -0.25) is 5.32 Å². The lowest BCUT2D eigenvalue weighted by Crippen LogP contribution is -2.12. The maximum atomic E-state index is 10.9. The molecule has 0 saturated carbocycles. The number of hydrogen-bond donors (Lipinski definition) is 3. The number of oxazole rings is 1. The van der Waals surface area contributed by atoms with Crippen LogP contribution in [0.3, 0.4) is 0 Å². The van der Waals surface area contributed by atoms with Crippen LogP contribution in [0.15, 0.2) is 35.0 Å². The van der Waals surface area contributed by atoms with E-state index in [0.29, 0.717) is 51.6 Å². The van der Waals surface area contributed by atoms with Crippen molar-refractivity contribution in [3.63, 3.8) is 0 Å². The van der Waals surface area contributed by atoms with Crippen LogP contribution in [0.1, 0.15) is 28.3 Å². The highest BCUT2D eigenvalue weighted by Gasteiger charge is 2.16. The van der Waals surface area contributed by atoms with E-state index in [1.807, 2.05) is 13.8 Å². The predicted octanol–water partition coefficient (Wildman–Crippen LogP) is 5.23. The number of anilines is 2. The predicted molar refractivity (Wildman–Crippen MR) is 122 cm³/mol. The fraction of sp³-hybridized carbons (Fsp3) is 0.190. The normalized spacial score (nSPS) is 11.0. The number of hydrogen-bond acceptors (Lipinski definition) is 7. The lowest BCUT2D eigenvalue weighted by Gasteiger charge is -2.12. The van der Waals surface area contributed by atoms with Gasteiger partial charge in [0, 0.05) is 22.3 Å². The van der Waals surface area contributed by atoms with Crippen molar-refractivity contribution in [3.8, 4) is 0 Å². The molecule has 1 amide bonds. The van der Waals surface area contributed by atoms with Crippen LogP contribution >= 0.6 is 23.2 Å². The van der Waals surface area contributed by atoms with Crippen LogP contribution in [-0.4, -0.2) is 31.1 Å². The number of aryl methyl sites for hydroxylation is 2. The van der Waals surface area contributed by atoms with Gasteiger partial charge in [0.1, 0.15) is 12.1 Å². The molecule has 0 aliphatic heterocycles. The number of nitrogens with zero attached hydrogens (tertiary/aromatic N) is 4. The first kappa shape index (κ1) is 21.8. The van der Waals surface area contributed by atoms with Gasteiger partial charge in [-0.2, -0.15) is 4.98 Å². The van der Waals surface area contributed by atoms with E-state index in [1.165, 1.54) is 6.33 Å². The van der Waals surface area contributed by atoms with Gasteiger partial charge in [0.05, 0.1) is 6.42 Å². The average Bonchev–Trinajstić information content (AvgIpc) is 3.13. The fourth-order valence-corrected chi connectivity index (χ4v) is 3.86. The number of aromatic nitrogens is 4. The van der Waals surface area contributed by atoms with Crippen molar-refractivity contribution in [1.82, 2.24) is 19.9 Å². The van der Waals surface area contributed by atoms with Gasteiger partial charge in [0.2, 0.25) is 5.89 Å². The maximum absolute atomic E-state index is 10.9. The van der Waals surface area contributed by atoms with E-state index < -0.39 is 6.09 Å². The monoisotopic (exact) mass is 472 g/mol. The SMILES string of the molecule is Cc1cc(NC(=O)O)nc(C)c1CNc1ncnc2oc(Cc3c(Cl)cccc3Cl)nc12. The summed E-state index contributed by atoms with van der Waals surface area (Å²) < 4.78 is 5.78. The molecule has 1 aromatic carbocycles. The third kappa shape index (κ3) is 4.58. The average molecular weight is 473 g/mol. The molecular weight excluding hydrogens is 455 g/mol. The second kappa shape index (κ2) is 8.97. The van der Waals surface area contributed by atoms with Crippen LogP contribution in [0.2, 0.25) is 10.0 Å². The Bertz CT molecular complexity index is 1280. The van der Waals surface area contributed by atoms with Crippen LogP contribution in [0.25, 0.3) is 11.2 Å². The number of pyridine rings is 1. The molecule has 9 nitrogen and oxygen atoms in total. The van der Waals surface area contributed by atoms with Gasteiger partial charge in [-0.25, -0.2) is 19.7 Å². The highest BCUT2D eigenvalue weighted by Crippen LogP contribution is 2.29. The second-order valence-electron chi connectivity index (χ2n) is 7.03. The molecule has 0 aliphatic rings. The molecule has 3 aromatic heterocycles. The largest absolute Gasteiger partial charge is 0.465 e. The molecular formula is C21H18Cl2N6O3. The molecule has 4 aromatic rings. The van der Waals surface area contributed by atoms with E-state index in [2.05, 4.69) is 30.6 Å². The third-order valence-corrected chi connectivity index (χ3v) is 5.56. The molecule has 11 heteroatoms. The van der Waals surface area contributed by atoms with Crippen LogP contribution in [-0.2, 0) is 13.0 Å². The number of nitrogens with one attached hydrogen (secondary N) is 2. The minimum absolute atomic E-state index is 0.278. The molecule has 0 aliphatic carbocycles. The molecule has 0 atom stereocenters. The van der Waals surface area contributed by atoms with Crippen molar-refractivity contribution in [2.45, 2.75) is 26.8 Å². The first-order valence-electron chi connectivity index (χ1n) is 9.56. The number of carbonyl (C=O) groups is 1. The Labute approximate surface area is 192 Å². The zero-order chi connectivity index (χ0) is 22.8. The molecule has 0 fully saturated rings. The summed E-state index contributed by atoms with van der Waals surface area (Å²) in [5, 5.41) is 15.5. The van der Waals surface area contributed by atoms with E-state index >= 15 is 0 Å². The summed E-state index contributed by atoms with van der Waals surface area (Å²) in [5.41, 5.74) is 4.04. The third-order valence-electron chi connectivity index (χ3n) is 4.85. The standard InChI is InChI=1S/C21H18Cl2N6O3/c1-10-6-16(28-21(30)31)27-11(2)13(10)8-24-19-18-20(26-9-25-19)32-17(29-18)7-12-14(22)4-3-5-15(12)23/h3-6,9H,7-8H2,1-2H3,(H,27,28)(H,30,31)(H,24,25,26). The van der Waals surface area contributed by atoms with E-state index in [9.17, 15) is 4.79 Å². The number of halogens is 2. The smallest absolute Gasteiger partial charge is 0.410 e. The van der Waals surface area contributed by atoms with Crippen molar-refractivity contribution in [2.75, 3.05) is 10.6 Å². The fourth-order valence-electron chi connectivity index (χ4n) is 3.33. The van der Waals surface area contributed by atoms with E-state index in [1.54, 1.807) is 24.3 Å². The van der Waals surface area contributed by atoms with E-state index in [0.717, 1.165) is 16.7 Å². The molecule has 0 bridgehead atoms. The van der Waals surface area contributed by atoms with Gasteiger partial charge in [-0.05, 0) is 48.7 Å². The lowest BCUT2D eigenvalue weighted by molar-refractivity contribution is 0.209. The van der Waals surface area contributed by atoms with Crippen molar-refractivity contribution in [3.05, 3.63) is 68.9 Å². The first-order valence-corrected chi connectivity index (χ1v) is 10.3. The van der Waals surface area contributed by atoms with Crippen LogP contribution < -0.4 is 10.6 Å².